The first-order valence-electron chi connectivity index (χ1n) is 9.11. The Balaban J connectivity index is 1.81. The average Bonchev–Trinajstić information content (AvgIpc) is 3.15. The predicted molar refractivity (Wildman–Crippen MR) is 100 cm³/mol. The Morgan fingerprint density at radius 1 is 1.30 bits per heavy atom. The van der Waals surface area contributed by atoms with Crippen LogP contribution in [0.2, 0.25) is 0 Å². The molecule has 1 aliphatic rings. The van der Waals surface area contributed by atoms with Gasteiger partial charge in [0.25, 0.3) is 5.56 Å². The quantitative estimate of drug-likeness (QED) is 0.862. The Bertz CT molecular complexity index is 1030. The number of fused-ring (bicyclic) bond motifs is 1. The molecular formula is C20H22N4O3. The number of carbonyl (C=O) groups is 1. The van der Waals surface area contributed by atoms with Gasteiger partial charge in [-0.3, -0.25) is 14.2 Å². The van der Waals surface area contributed by atoms with E-state index in [9.17, 15) is 19.6 Å². The number of nitrogens with zero attached hydrogens (tertiary/aromatic N) is 3. The number of nitrogens with one attached hydrogen (secondary N) is 1. The highest BCUT2D eigenvalue weighted by Gasteiger charge is 2.23. The number of aryl methyl sites for hydroxylation is 1. The van der Waals surface area contributed by atoms with Gasteiger partial charge in [-0.2, -0.15) is 5.26 Å². The van der Waals surface area contributed by atoms with E-state index in [0.29, 0.717) is 25.1 Å². The number of amides is 1. The molecule has 1 amide bonds. The molecule has 3 rings (SSSR count). The minimum Gasteiger partial charge on any atom is -0.348 e. The lowest BCUT2D eigenvalue weighted by atomic mass is 10.1. The van der Waals surface area contributed by atoms with Crippen LogP contribution >= 0.6 is 0 Å². The number of aromatic nitrogens is 2. The van der Waals surface area contributed by atoms with E-state index in [-0.39, 0.29) is 11.6 Å². The monoisotopic (exact) mass is 366 g/mol. The maximum absolute atomic E-state index is 12.5. The molecule has 140 valence electrons. The summed E-state index contributed by atoms with van der Waals surface area (Å²) in [6, 6.07) is 9.55. The van der Waals surface area contributed by atoms with E-state index >= 15 is 0 Å². The van der Waals surface area contributed by atoms with E-state index in [1.54, 1.807) is 0 Å². The fourth-order valence-electron chi connectivity index (χ4n) is 3.44. The molecule has 0 spiro atoms. The SMILES string of the molecule is CCc1ccc([C@@H](C)NC(=O)Cn2c(=O)c(C#N)c3n(c2=O)CCC3)cc1. The fourth-order valence-corrected chi connectivity index (χ4v) is 3.44. The standard InChI is InChI=1S/C20H22N4O3/c1-3-14-6-8-15(9-7-14)13(2)22-18(25)12-24-19(26)16(11-21)17-5-4-10-23(17)20(24)27/h6-9,13H,3-5,10,12H2,1-2H3,(H,22,25)/t13-/m1/s1. The summed E-state index contributed by atoms with van der Waals surface area (Å²) in [5.41, 5.74) is 1.37. The van der Waals surface area contributed by atoms with Crippen LogP contribution < -0.4 is 16.6 Å². The van der Waals surface area contributed by atoms with Crippen LogP contribution in [-0.4, -0.2) is 15.0 Å². The molecule has 0 radical (unpaired) electrons. The molecule has 0 unspecified atom stereocenters. The van der Waals surface area contributed by atoms with Gasteiger partial charge in [0.2, 0.25) is 5.91 Å². The topological polar surface area (TPSA) is 96.9 Å². The Kier molecular flexibility index (Phi) is 5.26. The predicted octanol–water partition coefficient (Wildman–Crippen LogP) is 1.27. The number of rotatable bonds is 5. The smallest absolute Gasteiger partial charge is 0.331 e. The van der Waals surface area contributed by atoms with Gasteiger partial charge < -0.3 is 5.32 Å². The van der Waals surface area contributed by atoms with E-state index in [0.717, 1.165) is 16.6 Å². The zero-order valence-corrected chi connectivity index (χ0v) is 15.5. The third-order valence-corrected chi connectivity index (χ3v) is 5.01. The van der Waals surface area contributed by atoms with Gasteiger partial charge in [0.1, 0.15) is 18.2 Å². The van der Waals surface area contributed by atoms with E-state index in [4.69, 9.17) is 0 Å². The summed E-state index contributed by atoms with van der Waals surface area (Å²) in [5, 5.41) is 12.1. The van der Waals surface area contributed by atoms with E-state index in [1.165, 1.54) is 10.1 Å². The number of hydrogen-bond acceptors (Lipinski definition) is 4. The Hall–Kier alpha value is -3.14. The summed E-state index contributed by atoms with van der Waals surface area (Å²) in [6.07, 6.45) is 2.18. The van der Waals surface area contributed by atoms with Gasteiger partial charge >= 0.3 is 5.69 Å². The highest BCUT2D eigenvalue weighted by molar-refractivity contribution is 5.76. The van der Waals surface area contributed by atoms with Gasteiger partial charge in [0.15, 0.2) is 0 Å². The second kappa shape index (κ2) is 7.62. The molecule has 7 nitrogen and oxygen atoms in total. The van der Waals surface area contributed by atoms with Gasteiger partial charge in [-0.15, -0.1) is 0 Å². The maximum Gasteiger partial charge on any atom is 0.331 e. The van der Waals surface area contributed by atoms with Crippen LogP contribution in [0.3, 0.4) is 0 Å². The van der Waals surface area contributed by atoms with Crippen molar-refractivity contribution in [1.29, 1.82) is 5.26 Å². The molecule has 27 heavy (non-hydrogen) atoms. The van der Waals surface area contributed by atoms with Crippen LogP contribution in [0.5, 0.6) is 0 Å². The highest BCUT2D eigenvalue weighted by atomic mass is 16.2. The van der Waals surface area contributed by atoms with Crippen LogP contribution in [0.25, 0.3) is 0 Å². The molecule has 0 aliphatic carbocycles. The molecule has 7 heteroatoms. The number of benzene rings is 1. The summed E-state index contributed by atoms with van der Waals surface area (Å²) in [5.74, 6) is -0.441. The molecular weight excluding hydrogens is 344 g/mol. The molecule has 0 saturated carbocycles. The normalized spacial score (nSPS) is 13.7. The zero-order chi connectivity index (χ0) is 19.6. The van der Waals surface area contributed by atoms with E-state index in [2.05, 4.69) is 12.2 Å². The molecule has 1 aliphatic heterocycles. The van der Waals surface area contributed by atoms with Crippen LogP contribution in [0.15, 0.2) is 33.9 Å². The molecule has 0 bridgehead atoms. The number of nitriles is 1. The minimum absolute atomic E-state index is 0.0388. The first kappa shape index (κ1) is 18.6. The molecule has 2 aromatic rings. The van der Waals surface area contributed by atoms with Crippen molar-refractivity contribution < 1.29 is 4.79 Å². The molecule has 0 saturated heterocycles. The highest BCUT2D eigenvalue weighted by Crippen LogP contribution is 2.14. The zero-order valence-electron chi connectivity index (χ0n) is 15.5. The Labute approximate surface area is 156 Å². The largest absolute Gasteiger partial charge is 0.348 e. The third-order valence-electron chi connectivity index (χ3n) is 5.01. The molecule has 2 heterocycles. The number of carbonyl (C=O) groups excluding carboxylic acids is 1. The summed E-state index contributed by atoms with van der Waals surface area (Å²) >= 11 is 0. The summed E-state index contributed by atoms with van der Waals surface area (Å²) in [7, 11) is 0. The van der Waals surface area contributed by atoms with Gasteiger partial charge in [0.05, 0.1) is 6.04 Å². The van der Waals surface area contributed by atoms with Crippen LogP contribution in [-0.2, 0) is 30.7 Å². The van der Waals surface area contributed by atoms with Crippen LogP contribution in [0, 0.1) is 11.3 Å². The van der Waals surface area contributed by atoms with E-state index in [1.807, 2.05) is 37.3 Å². The summed E-state index contributed by atoms with van der Waals surface area (Å²) < 4.78 is 2.29. The van der Waals surface area contributed by atoms with Gasteiger partial charge in [-0.1, -0.05) is 31.2 Å². The second-order valence-corrected chi connectivity index (χ2v) is 6.75. The average molecular weight is 366 g/mol. The van der Waals surface area contributed by atoms with Crippen molar-refractivity contribution in [3.63, 3.8) is 0 Å². The van der Waals surface area contributed by atoms with Crippen molar-refractivity contribution in [2.75, 3.05) is 0 Å². The summed E-state index contributed by atoms with van der Waals surface area (Å²) in [6.45, 7) is 3.98. The van der Waals surface area contributed by atoms with Crippen molar-refractivity contribution in [1.82, 2.24) is 14.5 Å². The maximum atomic E-state index is 12.5. The lowest BCUT2D eigenvalue weighted by molar-refractivity contribution is -0.122. The van der Waals surface area contributed by atoms with Crippen molar-refractivity contribution in [3.8, 4) is 6.07 Å². The van der Waals surface area contributed by atoms with Crippen molar-refractivity contribution in [2.24, 2.45) is 0 Å². The Morgan fingerprint density at radius 2 is 2.00 bits per heavy atom. The van der Waals surface area contributed by atoms with Crippen molar-refractivity contribution in [2.45, 2.75) is 52.2 Å². The van der Waals surface area contributed by atoms with E-state index < -0.39 is 23.7 Å². The lowest BCUT2D eigenvalue weighted by Gasteiger charge is -2.16. The first-order valence-corrected chi connectivity index (χ1v) is 9.11. The lowest BCUT2D eigenvalue weighted by Crippen LogP contribution is -2.45. The van der Waals surface area contributed by atoms with Crippen LogP contribution in [0.1, 0.15) is 48.7 Å². The molecule has 1 aromatic heterocycles. The summed E-state index contributed by atoms with van der Waals surface area (Å²) in [4.78, 5) is 37.5. The first-order chi connectivity index (χ1) is 13.0. The molecule has 0 fully saturated rings. The van der Waals surface area contributed by atoms with Crippen molar-refractivity contribution >= 4 is 5.91 Å². The number of hydrogen-bond donors (Lipinski definition) is 1. The van der Waals surface area contributed by atoms with Gasteiger partial charge in [-0.05, 0) is 37.3 Å². The van der Waals surface area contributed by atoms with Crippen molar-refractivity contribution in [3.05, 3.63) is 67.5 Å². The van der Waals surface area contributed by atoms with Gasteiger partial charge in [0, 0.05) is 12.2 Å². The Morgan fingerprint density at radius 3 is 2.63 bits per heavy atom. The van der Waals surface area contributed by atoms with Gasteiger partial charge in [-0.25, -0.2) is 9.36 Å². The molecule has 1 atom stereocenters. The molecule has 1 aromatic carbocycles. The second-order valence-electron chi connectivity index (χ2n) is 6.75. The van der Waals surface area contributed by atoms with Crippen LogP contribution in [0.4, 0.5) is 0 Å². The minimum atomic E-state index is -0.689. The molecule has 1 N–H and O–H groups in total. The fraction of sp³-hybridized carbons (Fsp3) is 0.400. The third kappa shape index (κ3) is 3.56.